The summed E-state index contributed by atoms with van der Waals surface area (Å²) >= 11 is 5.68. The largest absolute Gasteiger partial charge is 0.506 e. The quantitative estimate of drug-likeness (QED) is 0.594. The molecule has 0 unspecified atom stereocenters. The second-order valence-electron chi connectivity index (χ2n) is 2.79. The molecule has 15 heavy (non-hydrogen) atoms. The minimum Gasteiger partial charge on any atom is -0.506 e. The molecule has 0 heterocycles. The predicted octanol–water partition coefficient (Wildman–Crippen LogP) is 1.52. The highest BCUT2D eigenvalue weighted by atomic mass is 35.5. The number of aromatic hydroxyl groups is 1. The molecule has 0 aromatic heterocycles. The molecule has 0 bridgehead atoms. The van der Waals surface area contributed by atoms with Gasteiger partial charge in [-0.25, -0.2) is 4.79 Å². The van der Waals surface area contributed by atoms with Gasteiger partial charge in [0, 0.05) is 11.8 Å². The van der Waals surface area contributed by atoms with Gasteiger partial charge in [0.25, 0.3) is 0 Å². The molecule has 0 fully saturated rings. The van der Waals surface area contributed by atoms with Crippen LogP contribution in [0.4, 0.5) is 0 Å². The smallest absolute Gasteiger partial charge is 0.332 e. The highest BCUT2D eigenvalue weighted by molar-refractivity contribution is 6.32. The van der Waals surface area contributed by atoms with Crippen LogP contribution in [0.25, 0.3) is 5.70 Å². The van der Waals surface area contributed by atoms with Gasteiger partial charge < -0.3 is 15.6 Å². The Kier molecular flexibility index (Phi) is 3.57. The van der Waals surface area contributed by atoms with Crippen molar-refractivity contribution in [3.8, 4) is 5.75 Å². The predicted molar refractivity (Wildman–Crippen MR) is 57.3 cm³/mol. The van der Waals surface area contributed by atoms with Gasteiger partial charge >= 0.3 is 5.97 Å². The zero-order valence-corrected chi connectivity index (χ0v) is 8.78. The van der Waals surface area contributed by atoms with Crippen LogP contribution in [0.15, 0.2) is 24.3 Å². The first-order valence-electron chi connectivity index (χ1n) is 4.08. The van der Waals surface area contributed by atoms with E-state index < -0.39 is 5.97 Å². The molecule has 4 nitrogen and oxygen atoms in total. The van der Waals surface area contributed by atoms with Crippen LogP contribution >= 0.6 is 11.6 Å². The molecule has 0 saturated carbocycles. The molecule has 1 aromatic rings. The number of ether oxygens (including phenoxy) is 1. The van der Waals surface area contributed by atoms with Crippen molar-refractivity contribution < 1.29 is 14.6 Å². The van der Waals surface area contributed by atoms with Crippen LogP contribution in [0.3, 0.4) is 0 Å². The molecule has 0 spiro atoms. The zero-order valence-electron chi connectivity index (χ0n) is 8.03. The number of benzene rings is 1. The number of methoxy groups -OCH3 is 1. The van der Waals surface area contributed by atoms with Gasteiger partial charge in [-0.1, -0.05) is 11.6 Å². The maximum atomic E-state index is 10.9. The summed E-state index contributed by atoms with van der Waals surface area (Å²) in [4.78, 5) is 10.9. The van der Waals surface area contributed by atoms with Gasteiger partial charge in [0.15, 0.2) is 0 Å². The lowest BCUT2D eigenvalue weighted by Gasteiger charge is -2.03. The number of carbonyl (C=O) groups excluding carboxylic acids is 1. The molecule has 0 atom stereocenters. The van der Waals surface area contributed by atoms with Crippen molar-refractivity contribution in [1.82, 2.24) is 0 Å². The second kappa shape index (κ2) is 4.70. The molecule has 5 heteroatoms. The lowest BCUT2D eigenvalue weighted by atomic mass is 10.1. The lowest BCUT2D eigenvalue weighted by Crippen LogP contribution is -2.02. The summed E-state index contributed by atoms with van der Waals surface area (Å²) in [7, 11) is 1.26. The maximum absolute atomic E-state index is 10.9. The summed E-state index contributed by atoms with van der Waals surface area (Å²) in [5.41, 5.74) is 6.38. The van der Waals surface area contributed by atoms with E-state index in [0.717, 1.165) is 6.08 Å². The van der Waals surface area contributed by atoms with Crippen molar-refractivity contribution in [3.63, 3.8) is 0 Å². The molecular weight excluding hydrogens is 218 g/mol. The number of hydrogen-bond donors (Lipinski definition) is 2. The van der Waals surface area contributed by atoms with Crippen LogP contribution in [0.2, 0.25) is 5.02 Å². The third-order valence-electron chi connectivity index (χ3n) is 1.76. The van der Waals surface area contributed by atoms with Crippen molar-refractivity contribution in [3.05, 3.63) is 34.9 Å². The third kappa shape index (κ3) is 2.89. The van der Waals surface area contributed by atoms with Gasteiger partial charge in [0.05, 0.1) is 12.1 Å². The van der Waals surface area contributed by atoms with Crippen molar-refractivity contribution >= 4 is 23.3 Å². The SMILES string of the molecule is COC(=O)C=C(N)c1ccc(O)c(Cl)c1. The normalized spacial score (nSPS) is 11.2. The Balaban J connectivity index is 3.01. The van der Waals surface area contributed by atoms with Crippen molar-refractivity contribution in [1.29, 1.82) is 0 Å². The van der Waals surface area contributed by atoms with Crippen LogP contribution in [-0.2, 0) is 9.53 Å². The Labute approximate surface area is 91.9 Å². The molecule has 80 valence electrons. The summed E-state index contributed by atoms with van der Waals surface area (Å²) in [6.07, 6.45) is 1.14. The van der Waals surface area contributed by atoms with Crippen LogP contribution < -0.4 is 5.73 Å². The lowest BCUT2D eigenvalue weighted by molar-refractivity contribution is -0.134. The minimum atomic E-state index is -0.545. The molecule has 0 amide bonds. The fraction of sp³-hybridized carbons (Fsp3) is 0.100. The minimum absolute atomic E-state index is 0.0358. The maximum Gasteiger partial charge on any atom is 0.332 e. The van der Waals surface area contributed by atoms with Gasteiger partial charge in [-0.2, -0.15) is 0 Å². The number of hydrogen-bond acceptors (Lipinski definition) is 4. The van der Waals surface area contributed by atoms with Crippen LogP contribution in [-0.4, -0.2) is 18.2 Å². The summed E-state index contributed by atoms with van der Waals surface area (Å²) in [5, 5.41) is 9.34. The molecule has 3 N–H and O–H groups in total. The number of phenols is 1. The monoisotopic (exact) mass is 227 g/mol. The van der Waals surface area contributed by atoms with Gasteiger partial charge in [0.1, 0.15) is 5.75 Å². The average molecular weight is 228 g/mol. The van der Waals surface area contributed by atoms with E-state index in [0.29, 0.717) is 5.56 Å². The molecule has 0 aliphatic rings. The standard InChI is InChI=1S/C10H10ClNO3/c1-15-10(14)5-8(12)6-2-3-9(13)7(11)4-6/h2-5,13H,12H2,1H3. The van der Waals surface area contributed by atoms with E-state index >= 15 is 0 Å². The first kappa shape index (κ1) is 11.4. The summed E-state index contributed by atoms with van der Waals surface area (Å²) in [6.45, 7) is 0. The number of halogens is 1. The van der Waals surface area contributed by atoms with Crippen LogP contribution in [0.5, 0.6) is 5.75 Å². The van der Waals surface area contributed by atoms with Crippen LogP contribution in [0, 0.1) is 0 Å². The molecule has 0 aliphatic heterocycles. The first-order chi connectivity index (χ1) is 7.04. The van der Waals surface area contributed by atoms with Crippen molar-refractivity contribution in [2.45, 2.75) is 0 Å². The number of nitrogens with two attached hydrogens (primary N) is 1. The number of phenolic OH excluding ortho intramolecular Hbond substituents is 1. The van der Waals surface area contributed by atoms with Gasteiger partial charge in [-0.3, -0.25) is 0 Å². The van der Waals surface area contributed by atoms with Gasteiger partial charge in [0.2, 0.25) is 0 Å². The number of esters is 1. The van der Waals surface area contributed by atoms with Gasteiger partial charge in [-0.05, 0) is 23.8 Å². The van der Waals surface area contributed by atoms with Crippen molar-refractivity contribution in [2.75, 3.05) is 7.11 Å². The highest BCUT2D eigenvalue weighted by Crippen LogP contribution is 2.25. The molecule has 1 rings (SSSR count). The molecular formula is C10H10ClNO3. The van der Waals surface area contributed by atoms with E-state index in [-0.39, 0.29) is 16.5 Å². The Hall–Kier alpha value is -1.68. The second-order valence-corrected chi connectivity index (χ2v) is 3.20. The Morgan fingerprint density at radius 2 is 2.27 bits per heavy atom. The first-order valence-corrected chi connectivity index (χ1v) is 4.46. The van der Waals surface area contributed by atoms with E-state index in [2.05, 4.69) is 4.74 Å². The fourth-order valence-corrected chi connectivity index (χ4v) is 1.14. The van der Waals surface area contributed by atoms with E-state index in [1.165, 1.54) is 19.2 Å². The topological polar surface area (TPSA) is 72.5 Å². The summed E-state index contributed by atoms with van der Waals surface area (Å²) < 4.78 is 4.42. The molecule has 0 saturated heterocycles. The highest BCUT2D eigenvalue weighted by Gasteiger charge is 2.04. The number of carbonyl (C=O) groups is 1. The number of rotatable bonds is 2. The zero-order chi connectivity index (χ0) is 11.4. The average Bonchev–Trinajstić information content (AvgIpc) is 2.21. The van der Waals surface area contributed by atoms with E-state index in [1.807, 2.05) is 0 Å². The molecule has 1 aromatic carbocycles. The summed E-state index contributed by atoms with van der Waals surface area (Å²) in [6, 6.07) is 4.41. The Morgan fingerprint density at radius 3 is 2.80 bits per heavy atom. The van der Waals surface area contributed by atoms with E-state index in [1.54, 1.807) is 6.07 Å². The molecule has 0 aliphatic carbocycles. The van der Waals surface area contributed by atoms with Crippen molar-refractivity contribution in [2.24, 2.45) is 5.73 Å². The van der Waals surface area contributed by atoms with Gasteiger partial charge in [-0.15, -0.1) is 0 Å². The Bertz CT molecular complexity index is 415. The van der Waals surface area contributed by atoms with E-state index in [4.69, 9.17) is 22.4 Å². The van der Waals surface area contributed by atoms with E-state index in [9.17, 15) is 4.79 Å². The Morgan fingerprint density at radius 1 is 1.60 bits per heavy atom. The van der Waals surface area contributed by atoms with Crippen LogP contribution in [0.1, 0.15) is 5.56 Å². The third-order valence-corrected chi connectivity index (χ3v) is 2.06. The molecule has 0 radical (unpaired) electrons. The summed E-state index contributed by atoms with van der Waals surface area (Å²) in [5.74, 6) is -0.581. The fourth-order valence-electron chi connectivity index (χ4n) is 0.956.